The van der Waals surface area contributed by atoms with Crippen LogP contribution in [0.4, 0.5) is 19.3 Å². The second kappa shape index (κ2) is 7.36. The molecule has 0 bridgehead atoms. The van der Waals surface area contributed by atoms with E-state index in [0.717, 1.165) is 44.6 Å². The Morgan fingerprint density at radius 1 is 1.19 bits per heavy atom. The summed E-state index contributed by atoms with van der Waals surface area (Å²) in [6.45, 7) is 5.93. The van der Waals surface area contributed by atoms with Gasteiger partial charge < -0.3 is 10.2 Å². The molecule has 2 rings (SSSR count). The van der Waals surface area contributed by atoms with E-state index < -0.39 is 17.7 Å². The number of piperazine rings is 1. The van der Waals surface area contributed by atoms with Gasteiger partial charge in [0.2, 0.25) is 0 Å². The van der Waals surface area contributed by atoms with Crippen molar-refractivity contribution in [1.82, 2.24) is 9.80 Å². The molecule has 1 aromatic carbocycles. The van der Waals surface area contributed by atoms with Gasteiger partial charge in [-0.05, 0) is 25.1 Å². The third-order valence-electron chi connectivity index (χ3n) is 3.68. The molecule has 0 aliphatic carbocycles. The molecular weight excluding hydrogens is 276 g/mol. The Morgan fingerprint density at radius 3 is 2.38 bits per heavy atom. The highest BCUT2D eigenvalue weighted by Gasteiger charge is 2.22. The number of carbonyl (C=O) groups is 1. The van der Waals surface area contributed by atoms with Crippen molar-refractivity contribution in [2.45, 2.75) is 19.8 Å². The van der Waals surface area contributed by atoms with E-state index in [2.05, 4.69) is 17.1 Å². The minimum atomic E-state index is -0.759. The Balaban J connectivity index is 1.88. The average Bonchev–Trinajstić information content (AvgIpc) is 2.49. The van der Waals surface area contributed by atoms with Crippen molar-refractivity contribution in [3.63, 3.8) is 0 Å². The van der Waals surface area contributed by atoms with Gasteiger partial charge >= 0.3 is 6.03 Å². The van der Waals surface area contributed by atoms with Crippen LogP contribution in [-0.2, 0) is 0 Å². The summed E-state index contributed by atoms with van der Waals surface area (Å²) in [5, 5.41) is 2.32. The molecule has 6 heteroatoms. The molecule has 4 nitrogen and oxygen atoms in total. The minimum absolute atomic E-state index is 0.379. The Hall–Kier alpha value is -1.69. The highest BCUT2D eigenvalue weighted by atomic mass is 19.1. The number of rotatable bonds is 4. The minimum Gasteiger partial charge on any atom is -0.322 e. The third kappa shape index (κ3) is 4.14. The Bertz CT molecular complexity index is 468. The van der Waals surface area contributed by atoms with Crippen molar-refractivity contribution in [2.24, 2.45) is 0 Å². The molecule has 21 heavy (non-hydrogen) atoms. The number of urea groups is 1. The number of para-hydroxylation sites is 1. The first-order chi connectivity index (χ1) is 10.1. The maximum atomic E-state index is 13.5. The second-order valence-corrected chi connectivity index (χ2v) is 5.21. The fourth-order valence-electron chi connectivity index (χ4n) is 2.36. The topological polar surface area (TPSA) is 35.6 Å². The van der Waals surface area contributed by atoms with Gasteiger partial charge in [0.15, 0.2) is 0 Å². The van der Waals surface area contributed by atoms with Gasteiger partial charge in [-0.1, -0.05) is 19.4 Å². The van der Waals surface area contributed by atoms with Crippen LogP contribution in [0.15, 0.2) is 18.2 Å². The number of nitrogens with one attached hydrogen (secondary N) is 1. The maximum absolute atomic E-state index is 13.5. The SMILES string of the molecule is CCCCN1CCN(C(=O)Nc2c(F)cccc2F)CC1. The molecule has 1 saturated heterocycles. The molecule has 0 atom stereocenters. The first-order valence-corrected chi connectivity index (χ1v) is 7.34. The zero-order chi connectivity index (χ0) is 15.2. The molecular formula is C15H21F2N3O. The number of hydrogen-bond donors (Lipinski definition) is 1. The molecule has 0 aromatic heterocycles. The molecule has 1 aliphatic heterocycles. The highest BCUT2D eigenvalue weighted by Crippen LogP contribution is 2.18. The van der Waals surface area contributed by atoms with E-state index in [0.29, 0.717) is 13.1 Å². The predicted molar refractivity (Wildman–Crippen MR) is 78.3 cm³/mol. The van der Waals surface area contributed by atoms with Crippen molar-refractivity contribution in [3.05, 3.63) is 29.8 Å². The van der Waals surface area contributed by atoms with Crippen molar-refractivity contribution in [3.8, 4) is 0 Å². The van der Waals surface area contributed by atoms with Crippen molar-refractivity contribution in [1.29, 1.82) is 0 Å². The van der Waals surface area contributed by atoms with Crippen LogP contribution in [-0.4, -0.2) is 48.6 Å². The van der Waals surface area contributed by atoms with E-state index in [9.17, 15) is 13.6 Å². The molecule has 0 spiro atoms. The summed E-state index contributed by atoms with van der Waals surface area (Å²) in [5.41, 5.74) is -0.379. The fraction of sp³-hybridized carbons (Fsp3) is 0.533. The number of amides is 2. The average molecular weight is 297 g/mol. The standard InChI is InChI=1S/C15H21F2N3O/c1-2-3-7-19-8-10-20(11-9-19)15(21)18-14-12(16)5-4-6-13(14)17/h4-6H,2-3,7-11H2,1H3,(H,18,21). The van der Waals surface area contributed by atoms with E-state index >= 15 is 0 Å². The van der Waals surface area contributed by atoms with Crippen molar-refractivity contribution >= 4 is 11.7 Å². The summed E-state index contributed by atoms with van der Waals surface area (Å²) < 4.78 is 27.0. The zero-order valence-corrected chi connectivity index (χ0v) is 12.2. The van der Waals surface area contributed by atoms with Crippen LogP contribution in [0.1, 0.15) is 19.8 Å². The number of nitrogens with zero attached hydrogens (tertiary/aromatic N) is 2. The Morgan fingerprint density at radius 2 is 1.81 bits per heavy atom. The number of carbonyl (C=O) groups excluding carboxylic acids is 1. The van der Waals surface area contributed by atoms with Crippen LogP contribution < -0.4 is 5.32 Å². The Kier molecular flexibility index (Phi) is 5.50. The van der Waals surface area contributed by atoms with E-state index in [-0.39, 0.29) is 5.69 Å². The molecule has 2 amide bonds. The molecule has 1 N–H and O–H groups in total. The van der Waals surface area contributed by atoms with Gasteiger partial charge in [-0.25, -0.2) is 13.6 Å². The lowest BCUT2D eigenvalue weighted by Crippen LogP contribution is -2.50. The summed E-state index contributed by atoms with van der Waals surface area (Å²) in [5.74, 6) is -1.52. The monoisotopic (exact) mass is 297 g/mol. The fourth-order valence-corrected chi connectivity index (χ4v) is 2.36. The molecule has 116 valence electrons. The van der Waals surface area contributed by atoms with E-state index in [1.54, 1.807) is 4.90 Å². The Labute approximate surface area is 123 Å². The largest absolute Gasteiger partial charge is 0.322 e. The summed E-state index contributed by atoms with van der Waals surface area (Å²) in [6.07, 6.45) is 2.29. The number of halogens is 2. The number of anilines is 1. The lowest BCUT2D eigenvalue weighted by atomic mass is 10.2. The first-order valence-electron chi connectivity index (χ1n) is 7.34. The van der Waals surface area contributed by atoms with Gasteiger partial charge in [-0.3, -0.25) is 4.90 Å². The summed E-state index contributed by atoms with van der Waals surface area (Å²) >= 11 is 0. The third-order valence-corrected chi connectivity index (χ3v) is 3.68. The van der Waals surface area contributed by atoms with Gasteiger partial charge in [0.1, 0.15) is 17.3 Å². The molecule has 0 saturated carbocycles. The summed E-state index contributed by atoms with van der Waals surface area (Å²) in [4.78, 5) is 15.9. The first kappa shape index (κ1) is 15.7. The second-order valence-electron chi connectivity index (χ2n) is 5.21. The number of hydrogen-bond acceptors (Lipinski definition) is 2. The zero-order valence-electron chi connectivity index (χ0n) is 12.2. The van der Waals surface area contributed by atoms with Crippen LogP contribution in [0.3, 0.4) is 0 Å². The summed E-state index contributed by atoms with van der Waals surface area (Å²) in [6, 6.07) is 3.07. The van der Waals surface area contributed by atoms with Crippen molar-refractivity contribution < 1.29 is 13.6 Å². The quantitative estimate of drug-likeness (QED) is 0.927. The lowest BCUT2D eigenvalue weighted by Gasteiger charge is -2.34. The normalized spacial score (nSPS) is 16.0. The van der Waals surface area contributed by atoms with Gasteiger partial charge in [-0.2, -0.15) is 0 Å². The molecule has 1 fully saturated rings. The predicted octanol–water partition coefficient (Wildman–Crippen LogP) is 2.91. The van der Waals surface area contributed by atoms with E-state index in [1.807, 2.05) is 0 Å². The van der Waals surface area contributed by atoms with Crippen LogP contribution in [0.25, 0.3) is 0 Å². The van der Waals surface area contributed by atoms with Gasteiger partial charge in [0.25, 0.3) is 0 Å². The van der Waals surface area contributed by atoms with Crippen LogP contribution in [0.5, 0.6) is 0 Å². The van der Waals surface area contributed by atoms with Crippen LogP contribution in [0, 0.1) is 11.6 Å². The van der Waals surface area contributed by atoms with Gasteiger partial charge in [-0.15, -0.1) is 0 Å². The van der Waals surface area contributed by atoms with Crippen molar-refractivity contribution in [2.75, 3.05) is 38.0 Å². The van der Waals surface area contributed by atoms with Crippen LogP contribution in [0.2, 0.25) is 0 Å². The highest BCUT2D eigenvalue weighted by molar-refractivity contribution is 5.89. The van der Waals surface area contributed by atoms with Gasteiger partial charge in [0.05, 0.1) is 0 Å². The molecule has 0 radical (unpaired) electrons. The molecule has 0 unspecified atom stereocenters. The molecule has 1 heterocycles. The maximum Gasteiger partial charge on any atom is 0.322 e. The van der Waals surface area contributed by atoms with Crippen LogP contribution >= 0.6 is 0 Å². The lowest BCUT2D eigenvalue weighted by molar-refractivity contribution is 0.146. The number of unbranched alkanes of at least 4 members (excludes halogenated alkanes) is 1. The smallest absolute Gasteiger partial charge is 0.322 e. The van der Waals surface area contributed by atoms with E-state index in [4.69, 9.17) is 0 Å². The van der Waals surface area contributed by atoms with Gasteiger partial charge in [0, 0.05) is 26.2 Å². The summed E-state index contributed by atoms with van der Waals surface area (Å²) in [7, 11) is 0. The van der Waals surface area contributed by atoms with E-state index in [1.165, 1.54) is 6.07 Å². The number of benzene rings is 1. The molecule has 1 aliphatic rings. The molecule has 1 aromatic rings.